The van der Waals surface area contributed by atoms with E-state index in [1.165, 1.54) is 7.05 Å². The predicted molar refractivity (Wildman–Crippen MR) is 98.5 cm³/mol. The van der Waals surface area contributed by atoms with Crippen molar-refractivity contribution in [3.05, 3.63) is 46.1 Å². The van der Waals surface area contributed by atoms with E-state index in [9.17, 15) is 13.2 Å². The van der Waals surface area contributed by atoms with Gasteiger partial charge in [-0.1, -0.05) is 12.1 Å². The van der Waals surface area contributed by atoms with Crippen LogP contribution in [0.4, 0.5) is 0 Å². The largest absolute Gasteiger partial charge is 0.343 e. The monoisotopic (exact) mass is 379 g/mol. The van der Waals surface area contributed by atoms with Gasteiger partial charge in [0.05, 0.1) is 4.90 Å². The van der Waals surface area contributed by atoms with Crippen LogP contribution < -0.4 is 10.4 Å². The van der Waals surface area contributed by atoms with Gasteiger partial charge in [0, 0.05) is 25.6 Å². The third-order valence-corrected chi connectivity index (χ3v) is 6.31. The maximum Gasteiger partial charge on any atom is 0.343 e. The highest BCUT2D eigenvalue weighted by molar-refractivity contribution is 7.89. The number of aromatic amines is 1. The second kappa shape index (κ2) is 7.73. The second-order valence-electron chi connectivity index (χ2n) is 6.56. The summed E-state index contributed by atoms with van der Waals surface area (Å²) in [6.07, 6.45) is 2.06. The molecule has 1 fully saturated rings. The number of likely N-dealkylation sites (tertiary alicyclic amines) is 1. The van der Waals surface area contributed by atoms with Gasteiger partial charge in [-0.25, -0.2) is 23.0 Å². The van der Waals surface area contributed by atoms with E-state index in [1.54, 1.807) is 16.7 Å². The minimum absolute atomic E-state index is 0.152. The Kier molecular flexibility index (Phi) is 5.59. The molecular weight excluding hydrogens is 354 g/mol. The summed E-state index contributed by atoms with van der Waals surface area (Å²) in [7, 11) is -2.00. The lowest BCUT2D eigenvalue weighted by atomic mass is 9.96. The average Bonchev–Trinajstić information content (AvgIpc) is 3.03. The minimum atomic E-state index is -3.41. The molecule has 0 amide bonds. The summed E-state index contributed by atoms with van der Waals surface area (Å²) in [5.41, 5.74) is 0.913. The van der Waals surface area contributed by atoms with Crippen molar-refractivity contribution in [2.75, 3.05) is 20.1 Å². The summed E-state index contributed by atoms with van der Waals surface area (Å²) in [4.78, 5) is 14.4. The van der Waals surface area contributed by atoms with Crippen LogP contribution in [0.15, 0.2) is 34.0 Å². The maximum absolute atomic E-state index is 11.8. The normalized spacial score (nSPS) is 18.9. The van der Waals surface area contributed by atoms with Gasteiger partial charge in [-0.05, 0) is 51.1 Å². The van der Waals surface area contributed by atoms with Crippen molar-refractivity contribution >= 4 is 10.0 Å². The van der Waals surface area contributed by atoms with Crippen LogP contribution in [0, 0.1) is 0 Å². The Morgan fingerprint density at radius 1 is 1.31 bits per heavy atom. The summed E-state index contributed by atoms with van der Waals surface area (Å²) >= 11 is 0. The molecule has 1 atom stereocenters. The zero-order chi connectivity index (χ0) is 18.7. The molecule has 1 saturated heterocycles. The van der Waals surface area contributed by atoms with Gasteiger partial charge in [0.1, 0.15) is 5.82 Å². The average molecular weight is 379 g/mol. The zero-order valence-corrected chi connectivity index (χ0v) is 15.9. The van der Waals surface area contributed by atoms with Gasteiger partial charge in [0.2, 0.25) is 10.0 Å². The van der Waals surface area contributed by atoms with Crippen LogP contribution in [0.2, 0.25) is 0 Å². The first-order chi connectivity index (χ1) is 12.4. The Morgan fingerprint density at radius 2 is 2.04 bits per heavy atom. The lowest BCUT2D eigenvalue weighted by Crippen LogP contribution is -2.35. The van der Waals surface area contributed by atoms with E-state index < -0.39 is 10.0 Å². The molecule has 142 valence electrons. The molecule has 0 bridgehead atoms. The molecule has 8 nitrogen and oxygen atoms in total. The molecule has 0 radical (unpaired) electrons. The number of rotatable bonds is 6. The number of benzene rings is 1. The topological polar surface area (TPSA) is 100 Å². The number of nitrogens with one attached hydrogen (secondary N) is 2. The van der Waals surface area contributed by atoms with Gasteiger partial charge in [-0.15, -0.1) is 0 Å². The number of nitrogens with zero attached hydrogens (tertiary/aromatic N) is 3. The third-order valence-electron chi connectivity index (χ3n) is 4.88. The molecule has 0 aliphatic carbocycles. The van der Waals surface area contributed by atoms with Crippen LogP contribution in [0.5, 0.6) is 0 Å². The number of H-pyrrole nitrogens is 1. The van der Waals surface area contributed by atoms with Crippen LogP contribution >= 0.6 is 0 Å². The standard InChI is InChI=1S/C17H25N5O3S/c1-3-22-16(19-20-17(22)23)14-5-4-10-21(12-14)11-13-6-8-15(9-7-13)26(24,25)18-2/h6-9,14,18H,3-5,10-12H2,1-2H3,(H,20,23)/t14-/m1/s1. The van der Waals surface area contributed by atoms with Gasteiger partial charge in [-0.3, -0.25) is 9.47 Å². The highest BCUT2D eigenvalue weighted by atomic mass is 32.2. The van der Waals surface area contributed by atoms with Gasteiger partial charge < -0.3 is 0 Å². The number of sulfonamides is 1. The quantitative estimate of drug-likeness (QED) is 0.776. The molecule has 1 aliphatic heterocycles. The molecule has 2 N–H and O–H groups in total. The van der Waals surface area contributed by atoms with Crippen LogP contribution in [-0.2, 0) is 23.1 Å². The van der Waals surface area contributed by atoms with Gasteiger partial charge >= 0.3 is 5.69 Å². The number of hydrogen-bond donors (Lipinski definition) is 2. The van der Waals surface area contributed by atoms with E-state index in [0.29, 0.717) is 6.54 Å². The lowest BCUT2D eigenvalue weighted by Gasteiger charge is -2.32. The van der Waals surface area contributed by atoms with E-state index in [1.807, 2.05) is 19.1 Å². The predicted octanol–water partition coefficient (Wildman–Crippen LogP) is 0.879. The maximum atomic E-state index is 11.8. The number of hydrogen-bond acceptors (Lipinski definition) is 5. The first kappa shape index (κ1) is 18.8. The molecule has 26 heavy (non-hydrogen) atoms. The Labute approximate surface area is 153 Å². The molecule has 2 aromatic rings. The summed E-state index contributed by atoms with van der Waals surface area (Å²) in [5.74, 6) is 1.06. The highest BCUT2D eigenvalue weighted by Crippen LogP contribution is 2.26. The molecule has 9 heteroatoms. The third kappa shape index (κ3) is 3.89. The molecule has 0 saturated carbocycles. The molecule has 0 unspecified atom stereocenters. The Bertz CT molecular complexity index is 901. The highest BCUT2D eigenvalue weighted by Gasteiger charge is 2.26. The molecule has 1 aliphatic rings. The van der Waals surface area contributed by atoms with E-state index in [2.05, 4.69) is 19.8 Å². The van der Waals surface area contributed by atoms with Gasteiger partial charge in [0.25, 0.3) is 0 Å². The van der Waals surface area contributed by atoms with E-state index in [0.717, 1.165) is 43.9 Å². The van der Waals surface area contributed by atoms with Gasteiger partial charge in [0.15, 0.2) is 0 Å². The fourth-order valence-electron chi connectivity index (χ4n) is 3.51. The molecule has 1 aromatic heterocycles. The van der Waals surface area contributed by atoms with Crippen molar-refractivity contribution in [3.63, 3.8) is 0 Å². The molecular formula is C17H25N5O3S. The summed E-state index contributed by atoms with van der Waals surface area (Å²) in [6, 6.07) is 6.96. The van der Waals surface area contributed by atoms with Crippen molar-refractivity contribution in [2.24, 2.45) is 0 Å². The fourth-order valence-corrected chi connectivity index (χ4v) is 4.24. The smallest absolute Gasteiger partial charge is 0.298 e. The number of aromatic nitrogens is 3. The summed E-state index contributed by atoms with van der Waals surface area (Å²) < 4.78 is 27.6. The van der Waals surface area contributed by atoms with Crippen molar-refractivity contribution in [1.82, 2.24) is 24.4 Å². The SMILES string of the molecule is CCn1c([C@@H]2CCCN(Cc3ccc(S(=O)(=O)NC)cc3)C2)n[nH]c1=O. The fraction of sp³-hybridized carbons (Fsp3) is 0.529. The zero-order valence-electron chi connectivity index (χ0n) is 15.1. The first-order valence-corrected chi connectivity index (χ1v) is 10.3. The van der Waals surface area contributed by atoms with E-state index in [-0.39, 0.29) is 16.5 Å². The van der Waals surface area contributed by atoms with Gasteiger partial charge in [-0.2, -0.15) is 5.10 Å². The first-order valence-electron chi connectivity index (χ1n) is 8.84. The molecule has 1 aromatic carbocycles. The van der Waals surface area contributed by atoms with E-state index >= 15 is 0 Å². The van der Waals surface area contributed by atoms with Crippen molar-refractivity contribution in [3.8, 4) is 0 Å². The number of piperidine rings is 1. The Balaban J connectivity index is 1.70. The molecule has 2 heterocycles. The van der Waals surface area contributed by atoms with Crippen molar-refractivity contribution < 1.29 is 8.42 Å². The van der Waals surface area contributed by atoms with Crippen molar-refractivity contribution in [1.29, 1.82) is 0 Å². The molecule has 3 rings (SSSR count). The van der Waals surface area contributed by atoms with Crippen LogP contribution in [0.25, 0.3) is 0 Å². The van der Waals surface area contributed by atoms with E-state index in [4.69, 9.17) is 0 Å². The van der Waals surface area contributed by atoms with Crippen LogP contribution in [0.3, 0.4) is 0 Å². The Morgan fingerprint density at radius 3 is 2.69 bits per heavy atom. The van der Waals surface area contributed by atoms with Crippen LogP contribution in [-0.4, -0.2) is 48.2 Å². The second-order valence-corrected chi connectivity index (χ2v) is 8.44. The lowest BCUT2D eigenvalue weighted by molar-refractivity contribution is 0.194. The van der Waals surface area contributed by atoms with Crippen molar-refractivity contribution in [2.45, 2.75) is 43.7 Å². The van der Waals surface area contributed by atoms with Crippen LogP contribution in [0.1, 0.15) is 37.1 Å². The minimum Gasteiger partial charge on any atom is -0.298 e. The summed E-state index contributed by atoms with van der Waals surface area (Å²) in [5, 5.41) is 6.78. The summed E-state index contributed by atoms with van der Waals surface area (Å²) in [6.45, 7) is 5.12. The molecule has 0 spiro atoms. The Hall–Kier alpha value is -1.97.